The third-order valence-corrected chi connectivity index (χ3v) is 5.99. The number of hydrogen-bond acceptors (Lipinski definition) is 2. The molecule has 28 heavy (non-hydrogen) atoms. The van der Waals surface area contributed by atoms with Crippen molar-refractivity contribution in [3.63, 3.8) is 0 Å². The molecule has 0 aliphatic heterocycles. The van der Waals surface area contributed by atoms with Crippen molar-refractivity contribution >= 4 is 17.5 Å². The highest BCUT2D eigenvalue weighted by atomic mass is 16.2. The Kier molecular flexibility index (Phi) is 9.52. The quantitative estimate of drug-likeness (QED) is 0.422. The van der Waals surface area contributed by atoms with E-state index in [1.165, 1.54) is 44.9 Å². The van der Waals surface area contributed by atoms with Crippen LogP contribution >= 0.6 is 0 Å². The van der Waals surface area contributed by atoms with E-state index in [1.807, 2.05) is 12.1 Å². The Morgan fingerprint density at radius 3 is 2.21 bits per heavy atom. The monoisotopic (exact) mass is 386 g/mol. The van der Waals surface area contributed by atoms with Crippen LogP contribution in [0.3, 0.4) is 0 Å². The second kappa shape index (κ2) is 11.9. The van der Waals surface area contributed by atoms with Gasteiger partial charge in [0.2, 0.25) is 5.91 Å². The summed E-state index contributed by atoms with van der Waals surface area (Å²) in [7, 11) is 0. The van der Waals surface area contributed by atoms with Crippen molar-refractivity contribution in [1.82, 2.24) is 5.32 Å². The number of hydrogen-bond donors (Lipinski definition) is 2. The molecule has 1 saturated carbocycles. The Labute approximate surface area is 170 Å². The highest BCUT2D eigenvalue weighted by Crippen LogP contribution is 2.49. The van der Waals surface area contributed by atoms with Gasteiger partial charge in [0.05, 0.1) is 0 Å². The van der Waals surface area contributed by atoms with Crippen LogP contribution in [-0.2, 0) is 4.79 Å². The fourth-order valence-electron chi connectivity index (χ4n) is 4.00. The Morgan fingerprint density at radius 2 is 1.54 bits per heavy atom. The first-order valence-corrected chi connectivity index (χ1v) is 11.3. The summed E-state index contributed by atoms with van der Waals surface area (Å²) in [5, 5.41) is 6.00. The Morgan fingerprint density at radius 1 is 0.893 bits per heavy atom. The smallest absolute Gasteiger partial charge is 0.251 e. The van der Waals surface area contributed by atoms with Crippen LogP contribution < -0.4 is 10.6 Å². The van der Waals surface area contributed by atoms with Crippen molar-refractivity contribution in [2.24, 2.45) is 17.8 Å². The molecule has 0 bridgehead atoms. The highest BCUT2D eigenvalue weighted by molar-refractivity contribution is 5.97. The van der Waals surface area contributed by atoms with E-state index in [1.54, 1.807) is 12.1 Å². The molecule has 156 valence electrons. The SMILES string of the molecule is CCCCCCCCNC(=O)c1ccc(NC(=O)C2C(C)C2CCCC)cc1. The number of benzene rings is 1. The maximum absolute atomic E-state index is 12.5. The van der Waals surface area contributed by atoms with Gasteiger partial charge >= 0.3 is 0 Å². The van der Waals surface area contributed by atoms with Gasteiger partial charge in [0.15, 0.2) is 0 Å². The predicted molar refractivity (Wildman–Crippen MR) is 116 cm³/mol. The number of carbonyl (C=O) groups excluding carboxylic acids is 2. The van der Waals surface area contributed by atoms with E-state index in [-0.39, 0.29) is 17.7 Å². The van der Waals surface area contributed by atoms with Crippen LogP contribution in [0.4, 0.5) is 5.69 Å². The first-order chi connectivity index (χ1) is 13.6. The number of carbonyl (C=O) groups is 2. The first-order valence-electron chi connectivity index (χ1n) is 11.3. The van der Waals surface area contributed by atoms with Crippen molar-refractivity contribution < 1.29 is 9.59 Å². The zero-order valence-corrected chi connectivity index (χ0v) is 17.9. The summed E-state index contributed by atoms with van der Waals surface area (Å²) in [6, 6.07) is 7.23. The summed E-state index contributed by atoms with van der Waals surface area (Å²) in [5.41, 5.74) is 1.41. The zero-order valence-electron chi connectivity index (χ0n) is 17.9. The maximum atomic E-state index is 12.5. The molecule has 0 spiro atoms. The average Bonchev–Trinajstić information content (AvgIpc) is 3.35. The van der Waals surface area contributed by atoms with Gasteiger partial charge in [-0.25, -0.2) is 0 Å². The van der Waals surface area contributed by atoms with Crippen molar-refractivity contribution in [2.45, 2.75) is 78.6 Å². The Balaban J connectivity index is 1.69. The molecular formula is C24H38N2O2. The lowest BCUT2D eigenvalue weighted by atomic mass is 10.1. The van der Waals surface area contributed by atoms with Gasteiger partial charge in [-0.1, -0.05) is 65.7 Å². The second-order valence-electron chi connectivity index (χ2n) is 8.28. The van der Waals surface area contributed by atoms with Gasteiger partial charge < -0.3 is 10.6 Å². The number of unbranched alkanes of at least 4 members (excludes halogenated alkanes) is 6. The third kappa shape index (κ3) is 6.96. The van der Waals surface area contributed by atoms with Crippen LogP contribution in [0.15, 0.2) is 24.3 Å². The summed E-state index contributed by atoms with van der Waals surface area (Å²) in [6.45, 7) is 7.30. The van der Waals surface area contributed by atoms with Crippen molar-refractivity contribution in [3.8, 4) is 0 Å². The highest BCUT2D eigenvalue weighted by Gasteiger charge is 2.50. The zero-order chi connectivity index (χ0) is 20.4. The van der Waals surface area contributed by atoms with Crippen LogP contribution in [-0.4, -0.2) is 18.4 Å². The predicted octanol–water partition coefficient (Wildman–Crippen LogP) is 5.79. The van der Waals surface area contributed by atoms with Crippen LogP contribution in [0.1, 0.15) is 88.9 Å². The lowest BCUT2D eigenvalue weighted by Crippen LogP contribution is -2.24. The molecule has 2 rings (SSSR count). The topological polar surface area (TPSA) is 58.2 Å². The largest absolute Gasteiger partial charge is 0.352 e. The molecule has 1 aliphatic carbocycles. The van der Waals surface area contributed by atoms with Gasteiger partial charge in [0.25, 0.3) is 5.91 Å². The molecule has 4 nitrogen and oxygen atoms in total. The van der Waals surface area contributed by atoms with Gasteiger partial charge in [-0.3, -0.25) is 9.59 Å². The molecule has 4 heteroatoms. The van der Waals surface area contributed by atoms with Gasteiger partial charge in [-0.15, -0.1) is 0 Å². The van der Waals surface area contributed by atoms with Gasteiger partial charge in [0, 0.05) is 23.7 Å². The van der Waals surface area contributed by atoms with Crippen molar-refractivity contribution in [1.29, 1.82) is 0 Å². The number of amides is 2. The fourth-order valence-corrected chi connectivity index (χ4v) is 4.00. The average molecular weight is 387 g/mol. The van der Waals surface area contributed by atoms with E-state index >= 15 is 0 Å². The molecule has 0 heterocycles. The molecular weight excluding hydrogens is 348 g/mol. The molecule has 0 radical (unpaired) electrons. The lowest BCUT2D eigenvalue weighted by molar-refractivity contribution is -0.117. The maximum Gasteiger partial charge on any atom is 0.251 e. The van der Waals surface area contributed by atoms with Gasteiger partial charge in [-0.05, 0) is 48.9 Å². The molecule has 1 fully saturated rings. The second-order valence-corrected chi connectivity index (χ2v) is 8.28. The molecule has 3 unspecified atom stereocenters. The van der Waals surface area contributed by atoms with Gasteiger partial charge in [-0.2, -0.15) is 0 Å². The third-order valence-electron chi connectivity index (χ3n) is 5.99. The van der Waals surface area contributed by atoms with Crippen LogP contribution in [0.5, 0.6) is 0 Å². The standard InChI is InChI=1S/C24H38N2O2/c1-4-6-8-9-10-11-17-25-23(27)19-13-15-20(16-14-19)26-24(28)22-18(3)21(22)12-7-5-2/h13-16,18,21-22H,4-12,17H2,1-3H3,(H,25,27)(H,26,28). The molecule has 0 saturated heterocycles. The first kappa shape index (κ1) is 22.4. The van der Waals surface area contributed by atoms with Crippen LogP contribution in [0.25, 0.3) is 0 Å². The van der Waals surface area contributed by atoms with E-state index in [0.29, 0.717) is 17.4 Å². The van der Waals surface area contributed by atoms with Crippen LogP contribution in [0, 0.1) is 17.8 Å². The van der Waals surface area contributed by atoms with E-state index in [4.69, 9.17) is 0 Å². The Hall–Kier alpha value is -1.84. The summed E-state index contributed by atoms with van der Waals surface area (Å²) in [4.78, 5) is 24.7. The summed E-state index contributed by atoms with van der Waals surface area (Å²) >= 11 is 0. The normalized spacial score (nSPS) is 20.6. The lowest BCUT2D eigenvalue weighted by Gasteiger charge is -2.08. The van der Waals surface area contributed by atoms with Crippen molar-refractivity contribution in [2.75, 3.05) is 11.9 Å². The van der Waals surface area contributed by atoms with Crippen LogP contribution in [0.2, 0.25) is 0 Å². The molecule has 1 aromatic carbocycles. The minimum atomic E-state index is -0.0399. The minimum Gasteiger partial charge on any atom is -0.352 e. The molecule has 3 atom stereocenters. The number of rotatable bonds is 13. The molecule has 2 amide bonds. The summed E-state index contributed by atoms with van der Waals surface area (Å²) in [5.74, 6) is 1.24. The van der Waals surface area contributed by atoms with E-state index in [2.05, 4.69) is 31.4 Å². The van der Waals surface area contributed by atoms with Crippen molar-refractivity contribution in [3.05, 3.63) is 29.8 Å². The number of anilines is 1. The fraction of sp³-hybridized carbons (Fsp3) is 0.667. The minimum absolute atomic E-state index is 0.0399. The summed E-state index contributed by atoms with van der Waals surface area (Å²) in [6.07, 6.45) is 10.8. The molecule has 2 N–H and O–H groups in total. The number of nitrogens with one attached hydrogen (secondary N) is 2. The summed E-state index contributed by atoms with van der Waals surface area (Å²) < 4.78 is 0. The molecule has 1 aliphatic rings. The van der Waals surface area contributed by atoms with E-state index in [0.717, 1.165) is 25.1 Å². The Bertz CT molecular complexity index is 612. The van der Waals surface area contributed by atoms with E-state index < -0.39 is 0 Å². The molecule has 1 aromatic rings. The van der Waals surface area contributed by atoms with E-state index in [9.17, 15) is 9.59 Å². The van der Waals surface area contributed by atoms with Gasteiger partial charge in [0.1, 0.15) is 0 Å². The molecule has 0 aromatic heterocycles.